The van der Waals surface area contributed by atoms with Crippen LogP contribution in [-0.2, 0) is 0 Å². The zero-order valence-electron chi connectivity index (χ0n) is 7.08. The third-order valence-corrected chi connectivity index (χ3v) is 1.80. The summed E-state index contributed by atoms with van der Waals surface area (Å²) >= 11 is 0. The molecule has 0 radical (unpaired) electrons. The molecule has 0 N–H and O–H groups in total. The Morgan fingerprint density at radius 2 is 2.07 bits per heavy atom. The minimum atomic E-state index is 0.00574. The molecule has 0 bridgehead atoms. The van der Waals surface area contributed by atoms with Gasteiger partial charge in [-0.3, -0.25) is 9.42 Å². The molecule has 0 aliphatic rings. The van der Waals surface area contributed by atoms with Crippen molar-refractivity contribution in [2.24, 2.45) is 0 Å². The number of carbonyl (C=O) groups is 1. The van der Waals surface area contributed by atoms with Gasteiger partial charge in [0.2, 0.25) is 12.0 Å². The molecule has 5 heteroatoms. The molecule has 14 heavy (non-hydrogen) atoms. The van der Waals surface area contributed by atoms with Crippen LogP contribution < -0.4 is 4.90 Å². The fourth-order valence-electron chi connectivity index (χ4n) is 1.19. The maximum absolute atomic E-state index is 11.1. The summed E-state index contributed by atoms with van der Waals surface area (Å²) in [5, 5.41) is 14.4. The van der Waals surface area contributed by atoms with Gasteiger partial charge in [0.15, 0.2) is 0 Å². The monoisotopic (exact) mass is 190 g/mol. The van der Waals surface area contributed by atoms with Gasteiger partial charge in [0.25, 0.3) is 5.69 Å². The molecule has 1 aromatic carbocycles. The van der Waals surface area contributed by atoms with Crippen LogP contribution >= 0.6 is 0 Å². The van der Waals surface area contributed by atoms with Crippen LogP contribution in [0.5, 0.6) is 0 Å². The smallest absolute Gasteiger partial charge is 0.288 e. The molecule has 1 aromatic heterocycles. The van der Waals surface area contributed by atoms with Crippen LogP contribution in [0.3, 0.4) is 0 Å². The van der Waals surface area contributed by atoms with Crippen LogP contribution in [0.4, 0.5) is 0 Å². The Hall–Kier alpha value is -2.17. The van der Waals surface area contributed by atoms with Crippen molar-refractivity contribution in [2.45, 2.75) is 0 Å². The van der Waals surface area contributed by atoms with E-state index in [4.69, 9.17) is 0 Å². The lowest BCUT2D eigenvalue weighted by Crippen LogP contribution is -2.25. The average Bonchev–Trinajstić information content (AvgIpc) is 2.61. The van der Waals surface area contributed by atoms with Crippen molar-refractivity contribution in [3.05, 3.63) is 41.2 Å². The quantitative estimate of drug-likeness (QED) is 0.518. The second kappa shape index (κ2) is 3.29. The maximum Gasteiger partial charge on any atom is 0.288 e. The number of carbonyl (C=O) groups excluding carboxylic acids is 1. The Morgan fingerprint density at radius 1 is 1.36 bits per heavy atom. The van der Waals surface area contributed by atoms with E-state index in [-0.39, 0.29) is 16.3 Å². The first-order chi connectivity index (χ1) is 6.83. The van der Waals surface area contributed by atoms with Crippen molar-refractivity contribution in [1.82, 2.24) is 5.16 Å². The van der Waals surface area contributed by atoms with Gasteiger partial charge in [-0.2, -0.15) is 0 Å². The van der Waals surface area contributed by atoms with Crippen LogP contribution in [0.1, 0.15) is 10.5 Å². The Labute approximate surface area is 79.1 Å². The third-order valence-electron chi connectivity index (χ3n) is 1.80. The van der Waals surface area contributed by atoms with Crippen LogP contribution in [0, 0.1) is 5.21 Å². The highest BCUT2D eigenvalue weighted by molar-refractivity contribution is 5.81. The highest BCUT2D eigenvalue weighted by Crippen LogP contribution is 2.16. The SMILES string of the molecule is O=Cc1no[n+]([O-])c1-c1ccccc1. The standard InChI is InChI=1S/C9H6N2O3/c12-6-8-9(11(13)14-10-8)7-4-2-1-3-5-7/h1-6H. The lowest BCUT2D eigenvalue weighted by Gasteiger charge is -1.94. The van der Waals surface area contributed by atoms with Crippen molar-refractivity contribution < 1.29 is 14.3 Å². The van der Waals surface area contributed by atoms with Crippen molar-refractivity contribution >= 4 is 6.29 Å². The van der Waals surface area contributed by atoms with Crippen molar-refractivity contribution in [2.75, 3.05) is 0 Å². The highest BCUT2D eigenvalue weighted by atomic mass is 16.8. The van der Waals surface area contributed by atoms with Gasteiger partial charge >= 0.3 is 0 Å². The molecule has 0 spiro atoms. The minimum Gasteiger partial charge on any atom is -0.359 e. The van der Waals surface area contributed by atoms with E-state index in [1.165, 1.54) is 0 Å². The van der Waals surface area contributed by atoms with E-state index in [1.54, 1.807) is 24.3 Å². The second-order valence-corrected chi connectivity index (χ2v) is 2.65. The molecular weight excluding hydrogens is 184 g/mol. The molecule has 0 aliphatic carbocycles. The second-order valence-electron chi connectivity index (χ2n) is 2.65. The summed E-state index contributed by atoms with van der Waals surface area (Å²) in [5.74, 6) is 0. The summed E-state index contributed by atoms with van der Waals surface area (Å²) in [6, 6.07) is 8.74. The van der Waals surface area contributed by atoms with Gasteiger partial charge in [-0.25, -0.2) is 0 Å². The lowest BCUT2D eigenvalue weighted by molar-refractivity contribution is -0.793. The summed E-state index contributed by atoms with van der Waals surface area (Å²) in [5.41, 5.74) is 0.748. The van der Waals surface area contributed by atoms with Gasteiger partial charge in [-0.15, -0.1) is 0 Å². The van der Waals surface area contributed by atoms with Crippen LogP contribution in [0.15, 0.2) is 35.0 Å². The van der Waals surface area contributed by atoms with E-state index >= 15 is 0 Å². The van der Waals surface area contributed by atoms with Gasteiger partial charge in [-0.1, -0.05) is 30.3 Å². The van der Waals surface area contributed by atoms with Gasteiger partial charge < -0.3 is 5.21 Å². The van der Waals surface area contributed by atoms with Gasteiger partial charge in [0.1, 0.15) is 0 Å². The van der Waals surface area contributed by atoms with Crippen LogP contribution in [-0.4, -0.2) is 11.4 Å². The number of hydrogen-bond donors (Lipinski definition) is 0. The zero-order chi connectivity index (χ0) is 9.97. The Balaban J connectivity index is 2.61. The number of benzene rings is 1. The minimum absolute atomic E-state index is 0.00574. The molecule has 0 amide bonds. The van der Waals surface area contributed by atoms with Gasteiger partial charge in [0, 0.05) is 10.7 Å². The van der Waals surface area contributed by atoms with Gasteiger partial charge in [0.05, 0.1) is 0 Å². The fourth-order valence-corrected chi connectivity index (χ4v) is 1.19. The number of hydrogen-bond acceptors (Lipinski definition) is 4. The Kier molecular flexibility index (Phi) is 1.98. The molecule has 0 fully saturated rings. The first-order valence-corrected chi connectivity index (χ1v) is 3.93. The summed E-state index contributed by atoms with van der Waals surface area (Å²) in [6.07, 6.45) is 0.486. The highest BCUT2D eigenvalue weighted by Gasteiger charge is 2.19. The lowest BCUT2D eigenvalue weighted by atomic mass is 10.1. The molecule has 2 rings (SSSR count). The first kappa shape index (κ1) is 8.43. The van der Waals surface area contributed by atoms with E-state index in [0.29, 0.717) is 11.8 Å². The summed E-state index contributed by atoms with van der Waals surface area (Å²) in [4.78, 5) is 10.8. The Bertz CT molecular complexity index is 450. The van der Waals surface area contributed by atoms with Crippen LogP contribution in [0.25, 0.3) is 11.3 Å². The fraction of sp³-hybridized carbons (Fsp3) is 0. The van der Waals surface area contributed by atoms with Crippen LogP contribution in [0.2, 0.25) is 0 Å². The molecule has 0 atom stereocenters. The predicted molar refractivity (Wildman–Crippen MR) is 46.3 cm³/mol. The van der Waals surface area contributed by atoms with E-state index in [1.807, 2.05) is 6.07 Å². The van der Waals surface area contributed by atoms with Crippen molar-refractivity contribution in [3.8, 4) is 11.3 Å². The van der Waals surface area contributed by atoms with E-state index < -0.39 is 0 Å². The van der Waals surface area contributed by atoms with Crippen molar-refractivity contribution in [1.29, 1.82) is 0 Å². The largest absolute Gasteiger partial charge is 0.359 e. The van der Waals surface area contributed by atoms with E-state index in [2.05, 4.69) is 9.79 Å². The number of rotatable bonds is 2. The maximum atomic E-state index is 11.1. The molecular formula is C9H6N2O3. The topological polar surface area (TPSA) is 70.0 Å². The predicted octanol–water partition coefficient (Wildman–Crippen LogP) is 0.788. The van der Waals surface area contributed by atoms with Gasteiger partial charge in [-0.05, 0) is 4.90 Å². The Morgan fingerprint density at radius 3 is 2.71 bits per heavy atom. The summed E-state index contributed by atoms with van der Waals surface area (Å²) < 4.78 is 4.32. The first-order valence-electron chi connectivity index (χ1n) is 3.93. The molecule has 0 unspecified atom stereocenters. The third kappa shape index (κ3) is 1.24. The molecule has 0 saturated heterocycles. The van der Waals surface area contributed by atoms with Crippen molar-refractivity contribution in [3.63, 3.8) is 0 Å². The number of aromatic nitrogens is 2. The average molecular weight is 190 g/mol. The molecule has 0 aliphatic heterocycles. The summed E-state index contributed by atoms with van der Waals surface area (Å²) in [6.45, 7) is 0. The van der Waals surface area contributed by atoms with E-state index in [0.717, 1.165) is 0 Å². The normalized spacial score (nSPS) is 10.0. The molecule has 70 valence electrons. The molecule has 1 heterocycles. The molecule has 0 saturated carbocycles. The molecule has 5 nitrogen and oxygen atoms in total. The number of nitrogens with zero attached hydrogens (tertiary/aromatic N) is 2. The van der Waals surface area contributed by atoms with E-state index in [9.17, 15) is 10.0 Å². The zero-order valence-corrected chi connectivity index (χ0v) is 7.08. The number of aldehydes is 1. The summed E-state index contributed by atoms with van der Waals surface area (Å²) in [7, 11) is 0. The molecule has 2 aromatic rings.